The molecule has 5 rings (SSSR count). The van der Waals surface area contributed by atoms with Crippen LogP contribution in [0, 0.1) is 12.7 Å². The Kier molecular flexibility index (Phi) is 7.10. The standard InChI is InChI=1S/C28H34F5N5O/c1-15-11-17(28(31,32)33)13-18(29)21(15)23(20-5-6-27(3,4)36-20)26(39)38-9-7-37(8-10-38)25-22-16(2)12-19(30)24(22)34-14-35-25/h11,13-14,16,19-20,23,36H,5-10,12H2,1-4H3/t16-,19+,20+,23?/m1/s1. The molecule has 39 heavy (non-hydrogen) atoms. The minimum absolute atomic E-state index is 0.0158. The zero-order valence-electron chi connectivity index (χ0n) is 22.6. The molecule has 1 aromatic heterocycles. The normalized spacial score (nSPS) is 25.6. The fourth-order valence-corrected chi connectivity index (χ4v) is 6.47. The van der Waals surface area contributed by atoms with Crippen LogP contribution in [0.1, 0.15) is 86.0 Å². The first-order chi connectivity index (χ1) is 18.3. The van der Waals surface area contributed by atoms with E-state index >= 15 is 4.39 Å². The van der Waals surface area contributed by atoms with Gasteiger partial charge in [0.1, 0.15) is 24.1 Å². The minimum atomic E-state index is -4.69. The number of amides is 1. The molecule has 1 unspecified atom stereocenters. The van der Waals surface area contributed by atoms with Gasteiger partial charge in [-0.15, -0.1) is 0 Å². The van der Waals surface area contributed by atoms with Gasteiger partial charge in [-0.05, 0) is 63.6 Å². The van der Waals surface area contributed by atoms with Gasteiger partial charge in [-0.1, -0.05) is 6.92 Å². The number of halogens is 5. The third kappa shape index (κ3) is 5.21. The van der Waals surface area contributed by atoms with Crippen LogP contribution < -0.4 is 10.2 Å². The van der Waals surface area contributed by atoms with Crippen LogP contribution in [0.4, 0.5) is 27.8 Å². The van der Waals surface area contributed by atoms with E-state index in [2.05, 4.69) is 15.3 Å². The molecule has 6 nitrogen and oxygen atoms in total. The van der Waals surface area contributed by atoms with E-state index in [-0.39, 0.29) is 28.5 Å². The number of carbonyl (C=O) groups is 1. The van der Waals surface area contributed by atoms with Gasteiger partial charge in [0.25, 0.3) is 0 Å². The maximum absolute atomic E-state index is 15.4. The van der Waals surface area contributed by atoms with Gasteiger partial charge in [-0.2, -0.15) is 13.2 Å². The Bertz CT molecular complexity index is 1230. The Labute approximate surface area is 225 Å². The van der Waals surface area contributed by atoms with Crippen molar-refractivity contribution in [2.75, 3.05) is 31.1 Å². The van der Waals surface area contributed by atoms with Gasteiger partial charge in [-0.25, -0.2) is 18.7 Å². The summed E-state index contributed by atoms with van der Waals surface area (Å²) in [5.41, 5.74) is 0.00939. The van der Waals surface area contributed by atoms with Crippen molar-refractivity contribution < 1.29 is 26.7 Å². The summed E-state index contributed by atoms with van der Waals surface area (Å²) in [4.78, 5) is 26.3. The summed E-state index contributed by atoms with van der Waals surface area (Å²) in [6, 6.07) is 1.00. The van der Waals surface area contributed by atoms with Crippen LogP contribution in [0.3, 0.4) is 0 Å². The number of hydrogen-bond donors (Lipinski definition) is 1. The van der Waals surface area contributed by atoms with Crippen LogP contribution in [0.5, 0.6) is 0 Å². The molecule has 2 aliphatic heterocycles. The molecular formula is C28H34F5N5O. The number of aryl methyl sites for hydroxylation is 1. The highest BCUT2D eigenvalue weighted by Gasteiger charge is 2.44. The third-order valence-corrected chi connectivity index (χ3v) is 8.43. The maximum Gasteiger partial charge on any atom is 0.416 e. The Hall–Kier alpha value is -2.82. The van der Waals surface area contributed by atoms with Crippen LogP contribution in [-0.4, -0.2) is 58.5 Å². The highest BCUT2D eigenvalue weighted by Crippen LogP contribution is 2.45. The number of carbonyl (C=O) groups excluding carboxylic acids is 1. The number of fused-ring (bicyclic) bond motifs is 1. The van der Waals surface area contributed by atoms with Crippen molar-refractivity contribution in [1.82, 2.24) is 20.2 Å². The minimum Gasteiger partial charge on any atom is -0.353 e. The quantitative estimate of drug-likeness (QED) is 0.514. The molecule has 11 heteroatoms. The summed E-state index contributed by atoms with van der Waals surface area (Å²) in [5.74, 6) is -1.62. The van der Waals surface area contributed by atoms with Gasteiger partial charge in [0.15, 0.2) is 0 Å². The zero-order chi connectivity index (χ0) is 28.3. The molecule has 0 radical (unpaired) electrons. The largest absolute Gasteiger partial charge is 0.416 e. The maximum atomic E-state index is 15.4. The molecule has 0 bridgehead atoms. The van der Waals surface area contributed by atoms with Crippen LogP contribution >= 0.6 is 0 Å². The molecule has 212 valence electrons. The van der Waals surface area contributed by atoms with E-state index in [0.717, 1.165) is 18.1 Å². The number of anilines is 1. The number of rotatable bonds is 4. The number of alkyl halides is 4. The second kappa shape index (κ2) is 9.98. The molecule has 1 amide bonds. The summed E-state index contributed by atoms with van der Waals surface area (Å²) in [7, 11) is 0. The summed E-state index contributed by atoms with van der Waals surface area (Å²) in [5, 5.41) is 3.42. The lowest BCUT2D eigenvalue weighted by atomic mass is 9.85. The lowest BCUT2D eigenvalue weighted by Gasteiger charge is -2.39. The van der Waals surface area contributed by atoms with Crippen LogP contribution in [0.25, 0.3) is 0 Å². The number of nitrogens with one attached hydrogen (secondary N) is 1. The Balaban J connectivity index is 1.41. The molecule has 3 aliphatic rings. The van der Waals surface area contributed by atoms with Gasteiger partial charge in [0.2, 0.25) is 5.91 Å². The summed E-state index contributed by atoms with van der Waals surface area (Å²) >= 11 is 0. The van der Waals surface area contributed by atoms with E-state index in [1.165, 1.54) is 13.3 Å². The van der Waals surface area contributed by atoms with Crippen molar-refractivity contribution in [2.24, 2.45) is 0 Å². The predicted octanol–water partition coefficient (Wildman–Crippen LogP) is 5.42. The van der Waals surface area contributed by atoms with Gasteiger partial charge in [0, 0.05) is 48.9 Å². The highest BCUT2D eigenvalue weighted by molar-refractivity contribution is 5.85. The van der Waals surface area contributed by atoms with Crippen molar-refractivity contribution in [3.8, 4) is 0 Å². The Morgan fingerprint density at radius 3 is 2.44 bits per heavy atom. The second-order valence-corrected chi connectivity index (χ2v) is 11.8. The molecule has 2 aromatic rings. The van der Waals surface area contributed by atoms with E-state index in [9.17, 15) is 22.4 Å². The fourth-order valence-electron chi connectivity index (χ4n) is 6.47. The number of aromatic nitrogens is 2. The molecule has 2 fully saturated rings. The SMILES string of the molecule is Cc1cc(C(F)(F)F)cc(F)c1C(C(=O)N1CCN(c2ncnc3c2[C@H](C)C[C@@H]3F)CC1)[C@@H]1CCC(C)(C)N1. The van der Waals surface area contributed by atoms with Crippen molar-refractivity contribution >= 4 is 11.7 Å². The monoisotopic (exact) mass is 551 g/mol. The molecule has 0 saturated carbocycles. The average molecular weight is 552 g/mol. The first-order valence-electron chi connectivity index (χ1n) is 13.4. The molecule has 3 heterocycles. The number of benzene rings is 1. The topological polar surface area (TPSA) is 61.4 Å². The van der Waals surface area contributed by atoms with Crippen molar-refractivity contribution in [3.63, 3.8) is 0 Å². The molecule has 1 N–H and O–H groups in total. The first kappa shape index (κ1) is 27.7. The third-order valence-electron chi connectivity index (χ3n) is 8.43. The molecular weight excluding hydrogens is 517 g/mol. The number of hydrogen-bond acceptors (Lipinski definition) is 5. The highest BCUT2D eigenvalue weighted by atomic mass is 19.4. The van der Waals surface area contributed by atoms with Gasteiger partial charge < -0.3 is 15.1 Å². The van der Waals surface area contributed by atoms with Crippen molar-refractivity contribution in [1.29, 1.82) is 0 Å². The van der Waals surface area contributed by atoms with E-state index < -0.39 is 35.7 Å². The molecule has 1 aliphatic carbocycles. The van der Waals surface area contributed by atoms with Crippen molar-refractivity contribution in [2.45, 2.75) is 82.7 Å². The van der Waals surface area contributed by atoms with Crippen molar-refractivity contribution in [3.05, 3.63) is 52.2 Å². The van der Waals surface area contributed by atoms with Crippen LogP contribution in [0.2, 0.25) is 0 Å². The average Bonchev–Trinajstić information content (AvgIpc) is 3.37. The molecule has 0 spiro atoms. The number of piperazine rings is 1. The fraction of sp³-hybridized carbons (Fsp3) is 0.607. The van der Waals surface area contributed by atoms with Crippen LogP contribution in [0.15, 0.2) is 18.5 Å². The summed E-state index contributed by atoms with van der Waals surface area (Å²) in [6.07, 6.45) is -2.72. The van der Waals surface area contributed by atoms with E-state index in [1.807, 2.05) is 25.7 Å². The summed E-state index contributed by atoms with van der Waals surface area (Å²) in [6.45, 7) is 8.93. The number of nitrogens with zero attached hydrogens (tertiary/aromatic N) is 4. The lowest BCUT2D eigenvalue weighted by Crippen LogP contribution is -2.53. The molecule has 1 aromatic carbocycles. The van der Waals surface area contributed by atoms with Gasteiger partial charge in [0.05, 0.1) is 17.2 Å². The van der Waals surface area contributed by atoms with Crippen LogP contribution in [-0.2, 0) is 11.0 Å². The zero-order valence-corrected chi connectivity index (χ0v) is 22.6. The van der Waals surface area contributed by atoms with E-state index in [4.69, 9.17) is 0 Å². The Morgan fingerprint density at radius 2 is 1.85 bits per heavy atom. The van der Waals surface area contributed by atoms with E-state index in [1.54, 1.807) is 4.90 Å². The predicted molar refractivity (Wildman–Crippen MR) is 137 cm³/mol. The second-order valence-electron chi connectivity index (χ2n) is 11.8. The van der Waals surface area contributed by atoms with Gasteiger partial charge in [-0.3, -0.25) is 4.79 Å². The van der Waals surface area contributed by atoms with E-state index in [0.29, 0.717) is 56.6 Å². The summed E-state index contributed by atoms with van der Waals surface area (Å²) < 4.78 is 69.9. The van der Waals surface area contributed by atoms with Gasteiger partial charge >= 0.3 is 6.18 Å². The lowest BCUT2D eigenvalue weighted by molar-refractivity contribution is -0.137. The molecule has 4 atom stereocenters. The smallest absolute Gasteiger partial charge is 0.353 e. The first-order valence-corrected chi connectivity index (χ1v) is 13.4. The molecule has 2 saturated heterocycles. The Morgan fingerprint density at radius 1 is 1.15 bits per heavy atom.